The van der Waals surface area contributed by atoms with Gasteiger partial charge >= 0.3 is 6.01 Å². The molecule has 1 atom stereocenters. The van der Waals surface area contributed by atoms with Gasteiger partial charge in [0.15, 0.2) is 0 Å². The zero-order valence-electron chi connectivity index (χ0n) is 8.04. The summed E-state index contributed by atoms with van der Waals surface area (Å²) < 4.78 is 5.02. The van der Waals surface area contributed by atoms with E-state index in [4.69, 9.17) is 4.42 Å². The van der Waals surface area contributed by atoms with Crippen molar-refractivity contribution in [2.24, 2.45) is 0 Å². The minimum Gasteiger partial charge on any atom is -0.432 e. The lowest BCUT2D eigenvalue weighted by atomic mass is 10.2. The van der Waals surface area contributed by atoms with E-state index in [1.54, 1.807) is 0 Å². The number of carbonyl (C=O) groups is 1. The third-order valence-corrected chi connectivity index (χ3v) is 2.23. The van der Waals surface area contributed by atoms with Gasteiger partial charge in [-0.15, -0.1) is 0 Å². The quantitative estimate of drug-likeness (QED) is 0.728. The van der Waals surface area contributed by atoms with Gasteiger partial charge in [-0.1, -0.05) is 0 Å². The zero-order valence-corrected chi connectivity index (χ0v) is 8.04. The SMILES string of the molecule is Cc1coc(NC(=O)[C@H]2CCCN2)n1. The van der Waals surface area contributed by atoms with Crippen LogP contribution >= 0.6 is 0 Å². The van der Waals surface area contributed by atoms with Crippen LogP contribution in [0, 0.1) is 6.92 Å². The molecule has 76 valence electrons. The molecule has 0 unspecified atom stereocenters. The van der Waals surface area contributed by atoms with E-state index in [2.05, 4.69) is 15.6 Å². The first kappa shape index (κ1) is 9.21. The summed E-state index contributed by atoms with van der Waals surface area (Å²) in [6.45, 7) is 2.72. The molecule has 5 nitrogen and oxygen atoms in total. The topological polar surface area (TPSA) is 67.2 Å². The van der Waals surface area contributed by atoms with Gasteiger partial charge in [-0.3, -0.25) is 10.1 Å². The van der Waals surface area contributed by atoms with Gasteiger partial charge in [0.1, 0.15) is 6.26 Å². The number of nitrogens with one attached hydrogen (secondary N) is 2. The van der Waals surface area contributed by atoms with Crippen molar-refractivity contribution < 1.29 is 9.21 Å². The first-order valence-electron chi connectivity index (χ1n) is 4.72. The second-order valence-corrected chi connectivity index (χ2v) is 3.43. The van der Waals surface area contributed by atoms with E-state index in [1.165, 1.54) is 6.26 Å². The molecule has 2 heterocycles. The van der Waals surface area contributed by atoms with E-state index in [-0.39, 0.29) is 18.0 Å². The minimum absolute atomic E-state index is 0.0654. The van der Waals surface area contributed by atoms with Crippen molar-refractivity contribution in [1.82, 2.24) is 10.3 Å². The largest absolute Gasteiger partial charge is 0.432 e. The summed E-state index contributed by atoms with van der Waals surface area (Å²) in [4.78, 5) is 15.5. The fraction of sp³-hybridized carbons (Fsp3) is 0.556. The van der Waals surface area contributed by atoms with E-state index < -0.39 is 0 Å². The van der Waals surface area contributed by atoms with Gasteiger partial charge in [0.25, 0.3) is 0 Å². The number of nitrogens with zero attached hydrogens (tertiary/aromatic N) is 1. The maximum atomic E-state index is 11.6. The summed E-state index contributed by atoms with van der Waals surface area (Å²) >= 11 is 0. The molecule has 5 heteroatoms. The molecule has 2 rings (SSSR count). The van der Waals surface area contributed by atoms with Gasteiger partial charge in [0.2, 0.25) is 5.91 Å². The van der Waals surface area contributed by atoms with Gasteiger partial charge in [-0.25, -0.2) is 0 Å². The van der Waals surface area contributed by atoms with Crippen LogP contribution in [0.2, 0.25) is 0 Å². The molecule has 0 radical (unpaired) electrons. The van der Waals surface area contributed by atoms with Crippen molar-refractivity contribution in [3.05, 3.63) is 12.0 Å². The Labute approximate surface area is 81.9 Å². The molecule has 1 aromatic rings. The molecule has 1 fully saturated rings. The first-order valence-corrected chi connectivity index (χ1v) is 4.72. The van der Waals surface area contributed by atoms with Gasteiger partial charge in [0, 0.05) is 0 Å². The van der Waals surface area contributed by atoms with Crippen LogP contribution in [0.4, 0.5) is 6.01 Å². The molecule has 14 heavy (non-hydrogen) atoms. The average molecular weight is 195 g/mol. The maximum absolute atomic E-state index is 11.6. The fourth-order valence-electron chi connectivity index (χ4n) is 1.51. The molecule has 0 bridgehead atoms. The molecule has 0 aliphatic carbocycles. The number of amides is 1. The second kappa shape index (κ2) is 3.79. The fourth-order valence-corrected chi connectivity index (χ4v) is 1.51. The number of oxazole rings is 1. The van der Waals surface area contributed by atoms with Crippen molar-refractivity contribution in [1.29, 1.82) is 0 Å². The lowest BCUT2D eigenvalue weighted by Gasteiger charge is -2.07. The summed E-state index contributed by atoms with van der Waals surface area (Å²) in [6, 6.07) is 0.184. The molecule has 1 amide bonds. The highest BCUT2D eigenvalue weighted by Gasteiger charge is 2.22. The van der Waals surface area contributed by atoms with Crippen molar-refractivity contribution in [3.8, 4) is 0 Å². The van der Waals surface area contributed by atoms with Crippen LogP contribution in [0.15, 0.2) is 10.7 Å². The molecule has 0 saturated carbocycles. The van der Waals surface area contributed by atoms with E-state index >= 15 is 0 Å². The van der Waals surface area contributed by atoms with Crippen LogP contribution in [-0.2, 0) is 4.79 Å². The third-order valence-electron chi connectivity index (χ3n) is 2.23. The first-order chi connectivity index (χ1) is 6.75. The second-order valence-electron chi connectivity index (χ2n) is 3.43. The third kappa shape index (κ3) is 1.93. The standard InChI is InChI=1S/C9H13N3O2/c1-6-5-14-9(11-6)12-8(13)7-3-2-4-10-7/h5,7,10H,2-4H2,1H3,(H,11,12,13)/t7-/m1/s1. The Kier molecular flexibility index (Phi) is 2.49. The Morgan fingerprint density at radius 2 is 2.64 bits per heavy atom. The Balaban J connectivity index is 1.93. The number of hydrogen-bond acceptors (Lipinski definition) is 4. The number of hydrogen-bond donors (Lipinski definition) is 2. The Morgan fingerprint density at radius 3 is 3.21 bits per heavy atom. The summed E-state index contributed by atoms with van der Waals surface area (Å²) in [6.07, 6.45) is 3.44. The van der Waals surface area contributed by atoms with Crippen LogP contribution < -0.4 is 10.6 Å². The van der Waals surface area contributed by atoms with Crippen LogP contribution in [0.5, 0.6) is 0 Å². The number of rotatable bonds is 2. The van der Waals surface area contributed by atoms with E-state index in [1.807, 2.05) is 6.92 Å². The maximum Gasteiger partial charge on any atom is 0.301 e. The van der Waals surface area contributed by atoms with E-state index in [9.17, 15) is 4.79 Å². The summed E-state index contributed by atoms with van der Waals surface area (Å²) in [5.41, 5.74) is 0.764. The Bertz CT molecular complexity index is 329. The molecule has 0 spiro atoms. The summed E-state index contributed by atoms with van der Waals surface area (Å²) in [5.74, 6) is -0.0654. The molecular weight excluding hydrogens is 182 g/mol. The molecule has 0 aromatic carbocycles. The molecule has 1 aliphatic heterocycles. The average Bonchev–Trinajstić information content (AvgIpc) is 2.75. The van der Waals surface area contributed by atoms with E-state index in [0.29, 0.717) is 0 Å². The van der Waals surface area contributed by atoms with Gasteiger partial charge in [-0.05, 0) is 26.3 Å². The highest BCUT2D eigenvalue weighted by Crippen LogP contribution is 2.10. The molecule has 1 saturated heterocycles. The van der Waals surface area contributed by atoms with Crippen LogP contribution in [0.25, 0.3) is 0 Å². The smallest absolute Gasteiger partial charge is 0.301 e. The molecule has 1 aromatic heterocycles. The highest BCUT2D eigenvalue weighted by atomic mass is 16.4. The molecule has 1 aliphatic rings. The number of anilines is 1. The lowest BCUT2D eigenvalue weighted by molar-refractivity contribution is -0.117. The minimum atomic E-state index is -0.0952. The predicted octanol–water partition coefficient (Wildman–Crippen LogP) is 0.674. The van der Waals surface area contributed by atoms with Crippen LogP contribution in [0.3, 0.4) is 0 Å². The van der Waals surface area contributed by atoms with Crippen LogP contribution in [0.1, 0.15) is 18.5 Å². The van der Waals surface area contributed by atoms with Crippen LogP contribution in [-0.4, -0.2) is 23.5 Å². The number of aromatic nitrogens is 1. The number of carbonyl (C=O) groups excluding carboxylic acids is 1. The highest BCUT2D eigenvalue weighted by molar-refractivity contribution is 5.93. The van der Waals surface area contributed by atoms with Crippen molar-refractivity contribution in [2.45, 2.75) is 25.8 Å². The molecular formula is C9H13N3O2. The van der Waals surface area contributed by atoms with Crippen molar-refractivity contribution >= 4 is 11.9 Å². The van der Waals surface area contributed by atoms with Crippen molar-refractivity contribution in [2.75, 3.05) is 11.9 Å². The normalized spacial score (nSPS) is 21.1. The monoisotopic (exact) mass is 195 g/mol. The van der Waals surface area contributed by atoms with Gasteiger partial charge in [0.05, 0.1) is 11.7 Å². The van der Waals surface area contributed by atoms with Gasteiger partial charge < -0.3 is 9.73 Å². The number of aryl methyl sites for hydroxylation is 1. The Hall–Kier alpha value is -1.36. The zero-order chi connectivity index (χ0) is 9.97. The summed E-state index contributed by atoms with van der Waals surface area (Å²) in [5, 5.41) is 5.73. The van der Waals surface area contributed by atoms with Crippen molar-refractivity contribution in [3.63, 3.8) is 0 Å². The van der Waals surface area contributed by atoms with Gasteiger partial charge in [-0.2, -0.15) is 4.98 Å². The van der Waals surface area contributed by atoms with E-state index in [0.717, 1.165) is 25.1 Å². The summed E-state index contributed by atoms with van der Waals surface area (Å²) in [7, 11) is 0. The molecule has 2 N–H and O–H groups in total. The lowest BCUT2D eigenvalue weighted by Crippen LogP contribution is -2.35. The predicted molar refractivity (Wildman–Crippen MR) is 50.9 cm³/mol. The Morgan fingerprint density at radius 1 is 1.79 bits per heavy atom.